The van der Waals surface area contributed by atoms with Crippen molar-refractivity contribution in [3.63, 3.8) is 0 Å². The summed E-state index contributed by atoms with van der Waals surface area (Å²) in [5, 5.41) is 5.63. The van der Waals surface area contributed by atoms with Crippen LogP contribution >= 0.6 is 12.4 Å². The van der Waals surface area contributed by atoms with Gasteiger partial charge < -0.3 is 21.1 Å². The fourth-order valence-corrected chi connectivity index (χ4v) is 2.19. The molecular formula is C20H26ClN3O3. The molecule has 0 saturated heterocycles. The minimum absolute atomic E-state index is 0. The summed E-state index contributed by atoms with van der Waals surface area (Å²) in [6.45, 7) is 6.71. The second-order valence-electron chi connectivity index (χ2n) is 7.23. The standard InChI is InChI=1S/C20H25N3O3.ClH/c1-20(2,3)12-22-18(24)13-5-7-14(8-6-13)19(25)23-17-11-15(26-4)9-10-16(17)21;/h5-11H,12,21H2,1-4H3,(H,22,24)(H,23,25);1H. The van der Waals surface area contributed by atoms with Gasteiger partial charge in [0.25, 0.3) is 11.8 Å². The van der Waals surface area contributed by atoms with Gasteiger partial charge in [-0.15, -0.1) is 12.4 Å². The Morgan fingerprint density at radius 3 is 2.07 bits per heavy atom. The van der Waals surface area contributed by atoms with Crippen LogP contribution in [0.4, 0.5) is 11.4 Å². The molecule has 0 fully saturated rings. The minimum Gasteiger partial charge on any atom is -0.497 e. The van der Waals surface area contributed by atoms with Gasteiger partial charge in [-0.2, -0.15) is 0 Å². The van der Waals surface area contributed by atoms with Crippen molar-refractivity contribution < 1.29 is 14.3 Å². The number of ether oxygens (including phenoxy) is 1. The van der Waals surface area contributed by atoms with Crippen LogP contribution in [0.1, 0.15) is 41.5 Å². The van der Waals surface area contributed by atoms with Gasteiger partial charge in [0.05, 0.1) is 18.5 Å². The Hall–Kier alpha value is -2.73. The van der Waals surface area contributed by atoms with Gasteiger partial charge in [-0.1, -0.05) is 20.8 Å². The van der Waals surface area contributed by atoms with E-state index in [0.29, 0.717) is 34.8 Å². The van der Waals surface area contributed by atoms with E-state index < -0.39 is 0 Å². The van der Waals surface area contributed by atoms with E-state index in [-0.39, 0.29) is 29.6 Å². The first-order valence-corrected chi connectivity index (χ1v) is 8.33. The number of hydrogen-bond acceptors (Lipinski definition) is 4. The molecule has 6 nitrogen and oxygen atoms in total. The van der Waals surface area contributed by atoms with Gasteiger partial charge >= 0.3 is 0 Å². The van der Waals surface area contributed by atoms with E-state index in [2.05, 4.69) is 10.6 Å². The van der Waals surface area contributed by atoms with Crippen molar-refractivity contribution in [3.8, 4) is 5.75 Å². The first kappa shape index (κ1) is 22.3. The molecular weight excluding hydrogens is 366 g/mol. The normalized spacial score (nSPS) is 10.5. The molecule has 0 spiro atoms. The number of hydrogen-bond donors (Lipinski definition) is 3. The maximum absolute atomic E-state index is 12.4. The Balaban J connectivity index is 0.00000364. The van der Waals surface area contributed by atoms with Crippen LogP contribution in [0.15, 0.2) is 42.5 Å². The van der Waals surface area contributed by atoms with Crippen LogP contribution in [0, 0.1) is 5.41 Å². The summed E-state index contributed by atoms with van der Waals surface area (Å²) in [5.74, 6) is 0.121. The number of anilines is 2. The predicted molar refractivity (Wildman–Crippen MR) is 111 cm³/mol. The van der Waals surface area contributed by atoms with E-state index in [1.807, 2.05) is 20.8 Å². The molecule has 0 bridgehead atoms. The van der Waals surface area contributed by atoms with Crippen molar-refractivity contribution in [1.29, 1.82) is 0 Å². The lowest BCUT2D eigenvalue weighted by Gasteiger charge is -2.18. The van der Waals surface area contributed by atoms with Crippen molar-refractivity contribution in [2.24, 2.45) is 5.41 Å². The fourth-order valence-electron chi connectivity index (χ4n) is 2.19. The van der Waals surface area contributed by atoms with Crippen molar-refractivity contribution in [1.82, 2.24) is 5.32 Å². The molecule has 0 radical (unpaired) electrons. The summed E-state index contributed by atoms with van der Waals surface area (Å²) < 4.78 is 5.13. The summed E-state index contributed by atoms with van der Waals surface area (Å²) in [7, 11) is 1.54. The zero-order valence-electron chi connectivity index (χ0n) is 16.0. The van der Waals surface area contributed by atoms with Crippen molar-refractivity contribution in [3.05, 3.63) is 53.6 Å². The van der Waals surface area contributed by atoms with E-state index in [1.54, 1.807) is 49.6 Å². The molecule has 0 saturated carbocycles. The molecule has 0 heterocycles. The van der Waals surface area contributed by atoms with Crippen LogP contribution in [-0.4, -0.2) is 25.5 Å². The Morgan fingerprint density at radius 1 is 1.00 bits per heavy atom. The van der Waals surface area contributed by atoms with Crippen LogP contribution in [0.5, 0.6) is 5.75 Å². The second-order valence-corrected chi connectivity index (χ2v) is 7.23. The molecule has 146 valence electrons. The van der Waals surface area contributed by atoms with Gasteiger partial charge in [-0.3, -0.25) is 9.59 Å². The van der Waals surface area contributed by atoms with E-state index in [9.17, 15) is 9.59 Å². The molecule has 2 amide bonds. The Labute approximate surface area is 165 Å². The predicted octanol–water partition coefficient (Wildman–Crippen LogP) is 3.73. The number of methoxy groups -OCH3 is 1. The number of rotatable bonds is 5. The summed E-state index contributed by atoms with van der Waals surface area (Å²) in [4.78, 5) is 24.5. The zero-order chi connectivity index (χ0) is 19.3. The molecule has 0 unspecified atom stereocenters. The second kappa shape index (κ2) is 9.28. The van der Waals surface area contributed by atoms with Gasteiger partial charge in [0.2, 0.25) is 0 Å². The number of halogens is 1. The van der Waals surface area contributed by atoms with Crippen molar-refractivity contribution in [2.75, 3.05) is 24.7 Å². The molecule has 2 aromatic carbocycles. The Morgan fingerprint density at radius 2 is 1.56 bits per heavy atom. The van der Waals surface area contributed by atoms with E-state index >= 15 is 0 Å². The van der Waals surface area contributed by atoms with Gasteiger partial charge in [-0.05, 0) is 41.8 Å². The first-order chi connectivity index (χ1) is 12.2. The fraction of sp³-hybridized carbons (Fsp3) is 0.300. The molecule has 0 aliphatic carbocycles. The topological polar surface area (TPSA) is 93.4 Å². The average Bonchev–Trinajstić information content (AvgIpc) is 2.61. The van der Waals surface area contributed by atoms with Crippen LogP contribution in [0.25, 0.3) is 0 Å². The first-order valence-electron chi connectivity index (χ1n) is 8.33. The number of nitrogen functional groups attached to an aromatic ring is 1. The smallest absolute Gasteiger partial charge is 0.255 e. The maximum Gasteiger partial charge on any atom is 0.255 e. The average molecular weight is 392 g/mol. The van der Waals surface area contributed by atoms with Gasteiger partial charge in [0.15, 0.2) is 0 Å². The molecule has 27 heavy (non-hydrogen) atoms. The number of benzene rings is 2. The maximum atomic E-state index is 12.4. The lowest BCUT2D eigenvalue weighted by molar-refractivity contribution is 0.0938. The lowest BCUT2D eigenvalue weighted by atomic mass is 9.97. The zero-order valence-corrected chi connectivity index (χ0v) is 16.8. The minimum atomic E-state index is -0.313. The number of nitrogens with one attached hydrogen (secondary N) is 2. The van der Waals surface area contributed by atoms with E-state index in [0.717, 1.165) is 0 Å². The Bertz CT molecular complexity index is 799. The highest BCUT2D eigenvalue weighted by molar-refractivity contribution is 6.06. The number of amides is 2. The molecule has 2 aromatic rings. The number of carbonyl (C=O) groups is 2. The van der Waals surface area contributed by atoms with Gasteiger partial charge in [-0.25, -0.2) is 0 Å². The largest absolute Gasteiger partial charge is 0.497 e. The van der Waals surface area contributed by atoms with Crippen LogP contribution in [-0.2, 0) is 0 Å². The summed E-state index contributed by atoms with van der Waals surface area (Å²) in [5.41, 5.74) is 7.74. The van der Waals surface area contributed by atoms with Crippen LogP contribution < -0.4 is 21.1 Å². The summed E-state index contributed by atoms with van der Waals surface area (Å²) >= 11 is 0. The molecule has 0 aliphatic rings. The summed E-state index contributed by atoms with van der Waals surface area (Å²) in [6, 6.07) is 11.5. The lowest BCUT2D eigenvalue weighted by Crippen LogP contribution is -2.32. The van der Waals surface area contributed by atoms with Gasteiger partial charge in [0, 0.05) is 23.7 Å². The third kappa shape index (κ3) is 6.49. The quantitative estimate of drug-likeness (QED) is 0.677. The highest BCUT2D eigenvalue weighted by atomic mass is 35.5. The van der Waals surface area contributed by atoms with Crippen molar-refractivity contribution in [2.45, 2.75) is 20.8 Å². The molecule has 4 N–H and O–H groups in total. The molecule has 0 aromatic heterocycles. The third-order valence-corrected chi connectivity index (χ3v) is 3.70. The van der Waals surface area contributed by atoms with Gasteiger partial charge in [0.1, 0.15) is 5.75 Å². The highest BCUT2D eigenvalue weighted by Gasteiger charge is 2.14. The molecule has 0 atom stereocenters. The molecule has 7 heteroatoms. The van der Waals surface area contributed by atoms with Crippen LogP contribution in [0.2, 0.25) is 0 Å². The third-order valence-electron chi connectivity index (χ3n) is 3.70. The monoisotopic (exact) mass is 391 g/mol. The molecule has 2 rings (SSSR count). The van der Waals surface area contributed by atoms with Crippen molar-refractivity contribution >= 4 is 35.6 Å². The summed E-state index contributed by atoms with van der Waals surface area (Å²) in [6.07, 6.45) is 0. The number of carbonyl (C=O) groups excluding carboxylic acids is 2. The highest BCUT2D eigenvalue weighted by Crippen LogP contribution is 2.25. The Kier molecular flexibility index (Phi) is 7.67. The SMILES string of the molecule is COc1ccc(N)c(NC(=O)c2ccc(C(=O)NCC(C)(C)C)cc2)c1.Cl. The van der Waals surface area contributed by atoms with E-state index in [1.165, 1.54) is 0 Å². The van der Waals surface area contributed by atoms with E-state index in [4.69, 9.17) is 10.5 Å². The molecule has 0 aliphatic heterocycles. The van der Waals surface area contributed by atoms with Crippen LogP contribution in [0.3, 0.4) is 0 Å². The number of nitrogens with two attached hydrogens (primary N) is 1.